The maximum Gasteiger partial charge on any atom is 0.326 e. The average molecular weight is 264 g/mol. The molecule has 1 fully saturated rings. The van der Waals surface area contributed by atoms with Crippen molar-refractivity contribution in [2.75, 3.05) is 20.1 Å². The molecule has 1 aliphatic heterocycles. The van der Waals surface area contributed by atoms with Crippen molar-refractivity contribution in [3.05, 3.63) is 0 Å². The first kappa shape index (κ1) is 14.7. The van der Waals surface area contributed by atoms with Crippen LogP contribution in [0.2, 0.25) is 0 Å². The molecule has 1 saturated heterocycles. The fourth-order valence-corrected chi connectivity index (χ4v) is 2.11. The van der Waals surface area contributed by atoms with Gasteiger partial charge in [0.1, 0.15) is 6.04 Å². The zero-order valence-corrected chi connectivity index (χ0v) is 10.5. The van der Waals surface area contributed by atoms with Crippen LogP contribution >= 0.6 is 0 Å². The molecule has 104 valence electrons. The van der Waals surface area contributed by atoms with Gasteiger partial charge in [0, 0.05) is 13.6 Å². The molecule has 1 rings (SSSR count). The van der Waals surface area contributed by atoms with Crippen LogP contribution in [0.3, 0.4) is 0 Å². The fourth-order valence-electron chi connectivity index (χ4n) is 2.11. The molecule has 1 aliphatic rings. The van der Waals surface area contributed by atoms with E-state index in [2.05, 4.69) is 0 Å². The number of urea groups is 1. The van der Waals surface area contributed by atoms with E-state index in [-0.39, 0.29) is 5.92 Å². The predicted molar refractivity (Wildman–Crippen MR) is 60.6 cm³/mol. The maximum atomic E-state index is 12.2. The fraction of sp³-hybridized carbons (Fsp3) is 0.818. The summed E-state index contributed by atoms with van der Waals surface area (Å²) < 4.78 is 24.4. The van der Waals surface area contributed by atoms with Crippen LogP contribution in [0.1, 0.15) is 19.8 Å². The summed E-state index contributed by atoms with van der Waals surface area (Å²) in [6.45, 7) is 1.53. The minimum absolute atomic E-state index is 0.218. The number of carbonyl (C=O) groups excluding carboxylic acids is 1. The van der Waals surface area contributed by atoms with E-state index in [0.29, 0.717) is 19.4 Å². The Hall–Kier alpha value is -1.40. The summed E-state index contributed by atoms with van der Waals surface area (Å²) in [5, 5.41) is 9.08. The molecule has 0 aromatic carbocycles. The molecule has 0 spiro atoms. The second-order valence-electron chi connectivity index (χ2n) is 4.73. The molecule has 0 radical (unpaired) electrons. The molecular formula is C11H18F2N2O3. The lowest BCUT2D eigenvalue weighted by atomic mass is 9.93. The third kappa shape index (κ3) is 3.54. The Kier molecular flexibility index (Phi) is 4.86. The van der Waals surface area contributed by atoms with E-state index in [0.717, 1.165) is 4.90 Å². The first-order valence-electron chi connectivity index (χ1n) is 5.85. The molecule has 0 aliphatic carbocycles. The van der Waals surface area contributed by atoms with Gasteiger partial charge in [-0.1, -0.05) is 6.92 Å². The number of piperidine rings is 1. The number of alkyl halides is 2. The van der Waals surface area contributed by atoms with Gasteiger partial charge >= 0.3 is 12.0 Å². The van der Waals surface area contributed by atoms with Gasteiger partial charge < -0.3 is 14.9 Å². The Morgan fingerprint density at radius 2 is 2.11 bits per heavy atom. The summed E-state index contributed by atoms with van der Waals surface area (Å²) in [5.74, 6) is -0.865. The van der Waals surface area contributed by atoms with Crippen molar-refractivity contribution in [2.24, 2.45) is 5.92 Å². The molecule has 1 heterocycles. The summed E-state index contributed by atoms with van der Waals surface area (Å²) in [7, 11) is 1.26. The smallest absolute Gasteiger partial charge is 0.326 e. The number of rotatable bonds is 3. The molecule has 0 saturated carbocycles. The van der Waals surface area contributed by atoms with Crippen molar-refractivity contribution in [1.29, 1.82) is 0 Å². The van der Waals surface area contributed by atoms with E-state index < -0.39 is 31.0 Å². The van der Waals surface area contributed by atoms with E-state index in [1.54, 1.807) is 0 Å². The van der Waals surface area contributed by atoms with Crippen LogP contribution in [0.5, 0.6) is 0 Å². The molecule has 18 heavy (non-hydrogen) atoms. The van der Waals surface area contributed by atoms with E-state index in [1.807, 2.05) is 6.92 Å². The number of halogens is 2. The number of amides is 2. The number of carboxylic acids is 1. The highest BCUT2D eigenvalue weighted by Crippen LogP contribution is 2.23. The topological polar surface area (TPSA) is 60.9 Å². The molecule has 0 aromatic heterocycles. The summed E-state index contributed by atoms with van der Waals surface area (Å²) in [6.07, 6.45) is -1.56. The number of hydrogen-bond donors (Lipinski definition) is 1. The van der Waals surface area contributed by atoms with Crippen LogP contribution in [0.15, 0.2) is 0 Å². The first-order chi connectivity index (χ1) is 8.32. The van der Waals surface area contributed by atoms with Crippen LogP contribution in [0, 0.1) is 5.92 Å². The van der Waals surface area contributed by atoms with Gasteiger partial charge in [0.2, 0.25) is 0 Å². The van der Waals surface area contributed by atoms with E-state index in [9.17, 15) is 18.4 Å². The van der Waals surface area contributed by atoms with Crippen molar-refractivity contribution >= 4 is 12.0 Å². The van der Waals surface area contributed by atoms with Gasteiger partial charge in [-0.3, -0.25) is 0 Å². The van der Waals surface area contributed by atoms with Gasteiger partial charge in [0.25, 0.3) is 6.43 Å². The number of aliphatic carboxylic acids is 1. The average Bonchev–Trinajstić information content (AvgIpc) is 2.26. The van der Waals surface area contributed by atoms with Gasteiger partial charge in [-0.2, -0.15) is 0 Å². The number of likely N-dealkylation sites (tertiary alicyclic amines) is 1. The summed E-state index contributed by atoms with van der Waals surface area (Å²) in [5.41, 5.74) is 0. The summed E-state index contributed by atoms with van der Waals surface area (Å²) >= 11 is 0. The Bertz CT molecular complexity index is 325. The van der Waals surface area contributed by atoms with Crippen LogP contribution in [0.25, 0.3) is 0 Å². The second kappa shape index (κ2) is 5.97. The lowest BCUT2D eigenvalue weighted by Crippen LogP contribution is -2.54. The number of carboxylic acid groups (broad SMARTS) is 1. The Morgan fingerprint density at radius 3 is 2.61 bits per heavy atom. The van der Waals surface area contributed by atoms with Crippen molar-refractivity contribution in [3.8, 4) is 0 Å². The molecule has 5 nitrogen and oxygen atoms in total. The highest BCUT2D eigenvalue weighted by molar-refractivity contribution is 5.82. The molecule has 2 unspecified atom stereocenters. The molecule has 7 heteroatoms. The molecule has 1 N–H and O–H groups in total. The molecule has 0 bridgehead atoms. The van der Waals surface area contributed by atoms with Crippen LogP contribution in [-0.2, 0) is 4.79 Å². The molecule has 2 atom stereocenters. The van der Waals surface area contributed by atoms with Crippen LogP contribution < -0.4 is 0 Å². The normalized spacial score (nSPS) is 24.2. The highest BCUT2D eigenvalue weighted by Gasteiger charge is 2.36. The van der Waals surface area contributed by atoms with Gasteiger partial charge in [0.05, 0.1) is 6.54 Å². The van der Waals surface area contributed by atoms with Crippen LogP contribution in [0.4, 0.5) is 13.6 Å². The van der Waals surface area contributed by atoms with Crippen molar-refractivity contribution in [2.45, 2.75) is 32.2 Å². The third-order valence-corrected chi connectivity index (χ3v) is 3.13. The zero-order chi connectivity index (χ0) is 13.9. The number of carbonyl (C=O) groups is 2. The van der Waals surface area contributed by atoms with Gasteiger partial charge in [-0.25, -0.2) is 18.4 Å². The summed E-state index contributed by atoms with van der Waals surface area (Å²) in [6, 6.07) is -1.56. The lowest BCUT2D eigenvalue weighted by Gasteiger charge is -2.38. The highest BCUT2D eigenvalue weighted by atomic mass is 19.3. The minimum atomic E-state index is -2.62. The van der Waals surface area contributed by atoms with Crippen LogP contribution in [-0.4, -0.2) is 59.5 Å². The predicted octanol–water partition coefficient (Wildman–Crippen LogP) is 1.49. The third-order valence-electron chi connectivity index (χ3n) is 3.13. The van der Waals surface area contributed by atoms with E-state index >= 15 is 0 Å². The largest absolute Gasteiger partial charge is 0.480 e. The summed E-state index contributed by atoms with van der Waals surface area (Å²) in [4.78, 5) is 25.1. The first-order valence-corrected chi connectivity index (χ1v) is 5.85. The molecular weight excluding hydrogens is 246 g/mol. The SMILES string of the molecule is CC1CCN(C(=O)N(C)CC(F)F)C(C(=O)O)C1. The van der Waals surface area contributed by atoms with E-state index in [4.69, 9.17) is 5.11 Å². The molecule has 2 amide bonds. The standard InChI is InChI=1S/C11H18F2N2O3/c1-7-3-4-15(8(5-7)10(16)17)11(18)14(2)6-9(12)13/h7-9H,3-6H2,1-2H3,(H,16,17). The van der Waals surface area contributed by atoms with Gasteiger partial charge in [-0.15, -0.1) is 0 Å². The van der Waals surface area contributed by atoms with Crippen molar-refractivity contribution in [3.63, 3.8) is 0 Å². The Balaban J connectivity index is 2.72. The maximum absolute atomic E-state index is 12.2. The zero-order valence-electron chi connectivity index (χ0n) is 10.5. The van der Waals surface area contributed by atoms with Gasteiger partial charge in [-0.05, 0) is 18.8 Å². The van der Waals surface area contributed by atoms with Crippen molar-refractivity contribution in [1.82, 2.24) is 9.80 Å². The number of hydrogen-bond acceptors (Lipinski definition) is 2. The monoisotopic (exact) mass is 264 g/mol. The minimum Gasteiger partial charge on any atom is -0.480 e. The number of nitrogens with zero attached hydrogens (tertiary/aromatic N) is 2. The van der Waals surface area contributed by atoms with E-state index in [1.165, 1.54) is 11.9 Å². The second-order valence-corrected chi connectivity index (χ2v) is 4.73. The van der Waals surface area contributed by atoms with Gasteiger partial charge in [0.15, 0.2) is 0 Å². The lowest BCUT2D eigenvalue weighted by molar-refractivity contribution is -0.144. The quantitative estimate of drug-likeness (QED) is 0.840. The Labute approximate surface area is 104 Å². The molecule has 0 aromatic rings. The Morgan fingerprint density at radius 1 is 1.50 bits per heavy atom. The van der Waals surface area contributed by atoms with Crippen molar-refractivity contribution < 1.29 is 23.5 Å².